The molecule has 0 saturated carbocycles. The zero-order valence-electron chi connectivity index (χ0n) is 17.8. The van der Waals surface area contributed by atoms with Crippen molar-refractivity contribution in [3.63, 3.8) is 0 Å². The number of pyridine rings is 1. The van der Waals surface area contributed by atoms with Gasteiger partial charge in [0.25, 0.3) is 5.88 Å². The Morgan fingerprint density at radius 3 is 2.75 bits per heavy atom. The molecule has 0 radical (unpaired) electrons. The summed E-state index contributed by atoms with van der Waals surface area (Å²) in [6.07, 6.45) is 6.06. The number of ether oxygens (including phenoxy) is 1. The van der Waals surface area contributed by atoms with Crippen molar-refractivity contribution in [1.29, 1.82) is 0 Å². The summed E-state index contributed by atoms with van der Waals surface area (Å²) in [5.74, 6) is 0.561. The SMILES string of the molecule is Cn1ccc(-c2nc(N)c(OCCN3CCCC3)nc2-c2cc(Cl)c3ncccc3c2)n1. The van der Waals surface area contributed by atoms with Gasteiger partial charge in [0, 0.05) is 36.9 Å². The van der Waals surface area contributed by atoms with E-state index in [2.05, 4.69) is 20.0 Å². The Hall–Kier alpha value is -3.23. The highest BCUT2D eigenvalue weighted by atomic mass is 35.5. The lowest BCUT2D eigenvalue weighted by Crippen LogP contribution is -2.25. The van der Waals surface area contributed by atoms with Gasteiger partial charge in [-0.15, -0.1) is 0 Å². The average molecular weight is 450 g/mol. The third-order valence-electron chi connectivity index (χ3n) is 5.62. The number of aromatic nitrogens is 5. The molecule has 5 rings (SSSR count). The van der Waals surface area contributed by atoms with E-state index < -0.39 is 0 Å². The largest absolute Gasteiger partial charge is 0.474 e. The van der Waals surface area contributed by atoms with Crippen molar-refractivity contribution in [3.05, 3.63) is 47.7 Å². The third-order valence-corrected chi connectivity index (χ3v) is 5.91. The van der Waals surface area contributed by atoms with Crippen LogP contribution in [0.15, 0.2) is 42.7 Å². The highest BCUT2D eigenvalue weighted by molar-refractivity contribution is 6.35. The molecule has 32 heavy (non-hydrogen) atoms. The zero-order valence-corrected chi connectivity index (χ0v) is 18.6. The summed E-state index contributed by atoms with van der Waals surface area (Å²) in [6.45, 7) is 3.56. The van der Waals surface area contributed by atoms with E-state index in [9.17, 15) is 0 Å². The van der Waals surface area contributed by atoms with Crippen LogP contribution in [0.1, 0.15) is 12.8 Å². The fraction of sp³-hybridized carbons (Fsp3) is 0.304. The molecule has 1 fully saturated rings. The predicted molar refractivity (Wildman–Crippen MR) is 126 cm³/mol. The standard InChI is InChI=1S/C23H24ClN7O/c1-30-10-6-18(29-30)21-20(16-13-15-5-4-7-26-19(15)17(24)14-16)28-23(22(25)27-21)32-12-11-31-8-2-3-9-31/h4-7,10,13-14H,2-3,8-9,11-12H2,1H3,(H2,25,27). The van der Waals surface area contributed by atoms with Crippen LogP contribution < -0.4 is 10.5 Å². The highest BCUT2D eigenvalue weighted by Gasteiger charge is 2.20. The number of rotatable bonds is 6. The van der Waals surface area contributed by atoms with Gasteiger partial charge < -0.3 is 10.5 Å². The minimum absolute atomic E-state index is 0.240. The van der Waals surface area contributed by atoms with Crippen molar-refractivity contribution >= 4 is 28.3 Å². The van der Waals surface area contributed by atoms with Crippen LogP contribution in [0.4, 0.5) is 5.82 Å². The number of halogens is 1. The Morgan fingerprint density at radius 2 is 1.97 bits per heavy atom. The summed E-state index contributed by atoms with van der Waals surface area (Å²) >= 11 is 6.55. The van der Waals surface area contributed by atoms with Gasteiger partial charge in [-0.05, 0) is 50.2 Å². The van der Waals surface area contributed by atoms with Crippen LogP contribution in [-0.2, 0) is 7.05 Å². The van der Waals surface area contributed by atoms with Gasteiger partial charge in [-0.2, -0.15) is 5.10 Å². The molecule has 0 amide bonds. The summed E-state index contributed by atoms with van der Waals surface area (Å²) < 4.78 is 7.68. The van der Waals surface area contributed by atoms with Crippen LogP contribution in [0.2, 0.25) is 5.02 Å². The van der Waals surface area contributed by atoms with E-state index >= 15 is 0 Å². The van der Waals surface area contributed by atoms with E-state index in [1.54, 1.807) is 10.9 Å². The minimum atomic E-state index is 0.240. The average Bonchev–Trinajstić information content (AvgIpc) is 3.46. The van der Waals surface area contributed by atoms with Gasteiger partial charge in [0.1, 0.15) is 23.7 Å². The molecule has 8 nitrogen and oxygen atoms in total. The highest BCUT2D eigenvalue weighted by Crippen LogP contribution is 2.35. The Labute approximate surface area is 191 Å². The molecule has 1 aromatic carbocycles. The summed E-state index contributed by atoms with van der Waals surface area (Å²) in [4.78, 5) is 16.2. The van der Waals surface area contributed by atoms with Gasteiger partial charge in [0.15, 0.2) is 5.82 Å². The summed E-state index contributed by atoms with van der Waals surface area (Å²) in [5, 5.41) is 5.96. The first-order chi connectivity index (χ1) is 15.6. The molecular weight excluding hydrogens is 426 g/mol. The number of likely N-dealkylation sites (tertiary alicyclic amines) is 1. The van der Waals surface area contributed by atoms with E-state index in [4.69, 9.17) is 27.1 Å². The fourth-order valence-corrected chi connectivity index (χ4v) is 4.30. The van der Waals surface area contributed by atoms with Gasteiger partial charge in [-0.1, -0.05) is 17.7 Å². The normalized spacial score (nSPS) is 14.3. The minimum Gasteiger partial charge on any atom is -0.474 e. The maximum atomic E-state index is 6.55. The molecule has 0 spiro atoms. The molecule has 0 unspecified atom stereocenters. The zero-order chi connectivity index (χ0) is 22.1. The molecule has 164 valence electrons. The first-order valence-electron chi connectivity index (χ1n) is 10.7. The van der Waals surface area contributed by atoms with Gasteiger partial charge in [-0.25, -0.2) is 9.97 Å². The summed E-state index contributed by atoms with van der Waals surface area (Å²) in [6, 6.07) is 9.57. The molecule has 9 heteroatoms. The number of nitrogens with two attached hydrogens (primary N) is 1. The van der Waals surface area contributed by atoms with E-state index in [0.29, 0.717) is 34.6 Å². The Kier molecular flexibility index (Phi) is 5.63. The van der Waals surface area contributed by atoms with Gasteiger partial charge in [-0.3, -0.25) is 14.6 Å². The predicted octanol–water partition coefficient (Wildman–Crippen LogP) is 3.80. The first-order valence-corrected chi connectivity index (χ1v) is 11.0. The Morgan fingerprint density at radius 1 is 1.12 bits per heavy atom. The van der Waals surface area contributed by atoms with Crippen molar-refractivity contribution in [3.8, 4) is 28.5 Å². The lowest BCUT2D eigenvalue weighted by molar-refractivity contribution is 0.232. The van der Waals surface area contributed by atoms with Crippen LogP contribution >= 0.6 is 11.6 Å². The van der Waals surface area contributed by atoms with Gasteiger partial charge in [0.05, 0.1) is 10.5 Å². The second kappa shape index (κ2) is 8.72. The molecule has 4 heterocycles. The van der Waals surface area contributed by atoms with Crippen LogP contribution in [0, 0.1) is 0 Å². The smallest absolute Gasteiger partial charge is 0.257 e. The Bertz CT molecular complexity index is 1270. The van der Waals surface area contributed by atoms with Gasteiger partial charge in [0.2, 0.25) is 0 Å². The molecule has 1 saturated heterocycles. The van der Waals surface area contributed by atoms with Crippen molar-refractivity contribution < 1.29 is 4.74 Å². The topological polar surface area (TPSA) is 95.0 Å². The van der Waals surface area contributed by atoms with E-state index in [0.717, 1.165) is 36.1 Å². The number of fused-ring (bicyclic) bond motifs is 1. The summed E-state index contributed by atoms with van der Waals surface area (Å²) in [7, 11) is 1.86. The van der Waals surface area contributed by atoms with Crippen molar-refractivity contribution in [1.82, 2.24) is 29.6 Å². The monoisotopic (exact) mass is 449 g/mol. The molecule has 1 aliphatic rings. The van der Waals surface area contributed by atoms with Crippen LogP contribution in [0.3, 0.4) is 0 Å². The molecule has 0 bridgehead atoms. The number of anilines is 1. The molecule has 0 aliphatic carbocycles. The van der Waals surface area contributed by atoms with E-state index in [1.165, 1.54) is 12.8 Å². The number of benzene rings is 1. The molecule has 0 atom stereocenters. The number of hydrogen-bond acceptors (Lipinski definition) is 7. The molecule has 3 aromatic heterocycles. The van der Waals surface area contributed by atoms with Crippen LogP contribution in [0.25, 0.3) is 33.5 Å². The molecule has 1 aliphatic heterocycles. The molecule has 4 aromatic rings. The lowest BCUT2D eigenvalue weighted by Gasteiger charge is -2.16. The second-order valence-corrected chi connectivity index (χ2v) is 8.32. The van der Waals surface area contributed by atoms with E-state index in [1.807, 2.05) is 43.6 Å². The number of nitrogens with zero attached hydrogens (tertiary/aromatic N) is 6. The van der Waals surface area contributed by atoms with Crippen LogP contribution in [-0.4, -0.2) is 55.9 Å². The fourth-order valence-electron chi connectivity index (χ4n) is 4.02. The van der Waals surface area contributed by atoms with Gasteiger partial charge >= 0.3 is 0 Å². The maximum absolute atomic E-state index is 6.55. The van der Waals surface area contributed by atoms with Crippen LogP contribution in [0.5, 0.6) is 5.88 Å². The Balaban J connectivity index is 1.56. The van der Waals surface area contributed by atoms with Crippen molar-refractivity contribution in [2.45, 2.75) is 12.8 Å². The molecule has 2 N–H and O–H groups in total. The second-order valence-electron chi connectivity index (χ2n) is 7.92. The number of aryl methyl sites for hydroxylation is 1. The molecular formula is C23H24ClN7O. The van der Waals surface area contributed by atoms with Crippen molar-refractivity contribution in [2.24, 2.45) is 7.05 Å². The summed E-state index contributed by atoms with van der Waals surface area (Å²) in [5.41, 5.74) is 9.65. The quantitative estimate of drug-likeness (QED) is 0.478. The number of nitrogen functional groups attached to an aromatic ring is 1. The number of hydrogen-bond donors (Lipinski definition) is 1. The first kappa shape index (κ1) is 20.7. The van der Waals surface area contributed by atoms with E-state index in [-0.39, 0.29) is 5.82 Å². The third kappa shape index (κ3) is 4.11. The lowest BCUT2D eigenvalue weighted by atomic mass is 10.0. The van der Waals surface area contributed by atoms with Crippen molar-refractivity contribution in [2.75, 3.05) is 32.0 Å². The maximum Gasteiger partial charge on any atom is 0.257 e.